The largest absolute Gasteiger partial charge is 0.338 e. The molecule has 0 radical (unpaired) electrons. The van der Waals surface area contributed by atoms with E-state index < -0.39 is 0 Å². The van der Waals surface area contributed by atoms with Crippen LogP contribution in [0.5, 0.6) is 0 Å². The van der Waals surface area contributed by atoms with Crippen LogP contribution in [0.1, 0.15) is 5.56 Å². The Morgan fingerprint density at radius 3 is 2.22 bits per heavy atom. The first-order valence-corrected chi connectivity index (χ1v) is 7.47. The summed E-state index contributed by atoms with van der Waals surface area (Å²) in [4.78, 5) is 8.61. The van der Waals surface area contributed by atoms with Gasteiger partial charge in [0, 0.05) is 26.3 Å². The molecule has 116 valence electrons. The molecule has 0 atom stereocenters. The van der Waals surface area contributed by atoms with Gasteiger partial charge in [-0.15, -0.1) is 5.10 Å². The highest BCUT2D eigenvalue weighted by atomic mass is 15.3. The first kappa shape index (κ1) is 15.0. The van der Waals surface area contributed by atoms with E-state index in [0.29, 0.717) is 5.95 Å². The number of para-hydroxylation sites is 1. The Bertz CT molecular complexity index is 746. The van der Waals surface area contributed by atoms with Gasteiger partial charge in [-0.2, -0.15) is 10.1 Å². The van der Waals surface area contributed by atoms with Gasteiger partial charge in [-0.25, -0.2) is 0 Å². The van der Waals surface area contributed by atoms with Crippen molar-refractivity contribution >= 4 is 17.5 Å². The summed E-state index contributed by atoms with van der Waals surface area (Å²) in [6.07, 6.45) is 1.67. The van der Waals surface area contributed by atoms with E-state index in [0.717, 1.165) is 18.1 Å². The highest BCUT2D eigenvalue weighted by Crippen LogP contribution is 2.21. The average Bonchev–Trinajstić information content (AvgIpc) is 2.63. The van der Waals surface area contributed by atoms with Crippen molar-refractivity contribution in [2.75, 3.05) is 23.9 Å². The lowest BCUT2D eigenvalue weighted by Gasteiger charge is -2.21. The maximum Gasteiger partial charge on any atom is 0.247 e. The maximum atomic E-state index is 4.62. The van der Waals surface area contributed by atoms with Crippen LogP contribution >= 0.6 is 0 Å². The molecule has 2 aromatic carbocycles. The van der Waals surface area contributed by atoms with E-state index in [4.69, 9.17) is 0 Å². The quantitative estimate of drug-likeness (QED) is 0.724. The second-order valence-corrected chi connectivity index (χ2v) is 5.35. The second-order valence-electron chi connectivity index (χ2n) is 5.35. The molecule has 0 aliphatic heterocycles. The van der Waals surface area contributed by atoms with Gasteiger partial charge in [0.1, 0.15) is 0 Å². The van der Waals surface area contributed by atoms with Crippen LogP contribution in [0.15, 0.2) is 66.9 Å². The molecule has 0 saturated carbocycles. The first-order chi connectivity index (χ1) is 11.2. The molecule has 3 rings (SSSR count). The fourth-order valence-corrected chi connectivity index (χ4v) is 2.32. The summed E-state index contributed by atoms with van der Waals surface area (Å²) >= 11 is 0. The van der Waals surface area contributed by atoms with Crippen LogP contribution in [0.3, 0.4) is 0 Å². The highest BCUT2D eigenvalue weighted by Gasteiger charge is 2.10. The van der Waals surface area contributed by atoms with E-state index in [1.54, 1.807) is 6.20 Å². The van der Waals surface area contributed by atoms with Gasteiger partial charge >= 0.3 is 0 Å². The molecule has 0 amide bonds. The van der Waals surface area contributed by atoms with Gasteiger partial charge in [0.2, 0.25) is 5.95 Å². The fourth-order valence-electron chi connectivity index (χ4n) is 2.32. The van der Waals surface area contributed by atoms with Gasteiger partial charge in [0.25, 0.3) is 0 Å². The number of hydrogen-bond donors (Lipinski definition) is 0. The Labute approximate surface area is 136 Å². The Morgan fingerprint density at radius 1 is 0.870 bits per heavy atom. The molecule has 0 aliphatic carbocycles. The monoisotopic (exact) mass is 305 g/mol. The van der Waals surface area contributed by atoms with E-state index >= 15 is 0 Å². The Balaban J connectivity index is 1.79. The van der Waals surface area contributed by atoms with Crippen LogP contribution in [0.25, 0.3) is 0 Å². The van der Waals surface area contributed by atoms with Crippen molar-refractivity contribution in [3.05, 3.63) is 72.4 Å². The molecule has 1 aromatic heterocycles. The minimum absolute atomic E-state index is 0.606. The molecule has 0 fully saturated rings. The van der Waals surface area contributed by atoms with Crippen molar-refractivity contribution in [3.63, 3.8) is 0 Å². The van der Waals surface area contributed by atoms with Gasteiger partial charge in [0.15, 0.2) is 5.82 Å². The van der Waals surface area contributed by atoms with Crippen LogP contribution in [-0.2, 0) is 6.54 Å². The molecule has 5 nitrogen and oxygen atoms in total. The van der Waals surface area contributed by atoms with Crippen LogP contribution in [0.4, 0.5) is 17.5 Å². The fraction of sp³-hybridized carbons (Fsp3) is 0.167. The minimum atomic E-state index is 0.606. The first-order valence-electron chi connectivity index (χ1n) is 7.47. The second kappa shape index (κ2) is 6.87. The summed E-state index contributed by atoms with van der Waals surface area (Å²) in [5, 5.41) is 8.25. The molecule has 0 bridgehead atoms. The number of hydrogen-bond acceptors (Lipinski definition) is 5. The predicted molar refractivity (Wildman–Crippen MR) is 92.9 cm³/mol. The van der Waals surface area contributed by atoms with Crippen molar-refractivity contribution in [2.45, 2.75) is 6.54 Å². The molecule has 0 unspecified atom stereocenters. The van der Waals surface area contributed by atoms with E-state index in [1.165, 1.54) is 5.56 Å². The van der Waals surface area contributed by atoms with Gasteiger partial charge in [0.05, 0.1) is 6.20 Å². The summed E-state index contributed by atoms with van der Waals surface area (Å²) in [6.45, 7) is 0.737. The van der Waals surface area contributed by atoms with Gasteiger partial charge in [-0.05, 0) is 17.7 Å². The van der Waals surface area contributed by atoms with Gasteiger partial charge in [-0.1, -0.05) is 48.5 Å². The molecule has 0 saturated heterocycles. The van der Waals surface area contributed by atoms with Crippen molar-refractivity contribution < 1.29 is 0 Å². The molecule has 0 N–H and O–H groups in total. The Hall–Kier alpha value is -2.95. The lowest BCUT2D eigenvalue weighted by Crippen LogP contribution is -2.21. The van der Waals surface area contributed by atoms with E-state index in [9.17, 15) is 0 Å². The Kier molecular flexibility index (Phi) is 4.47. The zero-order chi connectivity index (χ0) is 16.1. The zero-order valence-electron chi connectivity index (χ0n) is 13.3. The number of anilines is 3. The summed E-state index contributed by atoms with van der Waals surface area (Å²) < 4.78 is 0. The summed E-state index contributed by atoms with van der Waals surface area (Å²) in [5.74, 6) is 1.37. The summed E-state index contributed by atoms with van der Waals surface area (Å²) in [6, 6.07) is 20.3. The molecule has 3 aromatic rings. The average molecular weight is 305 g/mol. The van der Waals surface area contributed by atoms with Crippen LogP contribution in [0, 0.1) is 0 Å². The van der Waals surface area contributed by atoms with Crippen LogP contribution < -0.4 is 9.80 Å². The minimum Gasteiger partial charge on any atom is -0.338 e. The Morgan fingerprint density at radius 2 is 1.52 bits per heavy atom. The molecular formula is C18H19N5. The van der Waals surface area contributed by atoms with Gasteiger partial charge in [-0.3, -0.25) is 0 Å². The number of nitrogens with zero attached hydrogens (tertiary/aromatic N) is 5. The van der Waals surface area contributed by atoms with Crippen molar-refractivity contribution in [2.24, 2.45) is 0 Å². The van der Waals surface area contributed by atoms with Crippen molar-refractivity contribution in [1.82, 2.24) is 15.2 Å². The number of rotatable bonds is 5. The van der Waals surface area contributed by atoms with E-state index in [2.05, 4.69) is 27.3 Å². The van der Waals surface area contributed by atoms with Crippen molar-refractivity contribution in [3.8, 4) is 0 Å². The number of benzene rings is 2. The van der Waals surface area contributed by atoms with Crippen LogP contribution in [-0.4, -0.2) is 29.3 Å². The van der Waals surface area contributed by atoms with Gasteiger partial charge < -0.3 is 9.80 Å². The normalized spacial score (nSPS) is 10.3. The topological polar surface area (TPSA) is 45.2 Å². The van der Waals surface area contributed by atoms with Crippen molar-refractivity contribution in [1.29, 1.82) is 0 Å². The van der Waals surface area contributed by atoms with E-state index in [-0.39, 0.29) is 0 Å². The number of aromatic nitrogens is 3. The predicted octanol–water partition coefficient (Wildman–Crippen LogP) is 3.28. The molecule has 0 spiro atoms. The zero-order valence-corrected chi connectivity index (χ0v) is 13.3. The lowest BCUT2D eigenvalue weighted by atomic mass is 10.2. The summed E-state index contributed by atoms with van der Waals surface area (Å²) in [5.41, 5.74) is 2.27. The third kappa shape index (κ3) is 3.63. The third-order valence-electron chi connectivity index (χ3n) is 3.63. The third-order valence-corrected chi connectivity index (χ3v) is 3.63. The highest BCUT2D eigenvalue weighted by molar-refractivity contribution is 5.58. The van der Waals surface area contributed by atoms with Crippen LogP contribution in [0.2, 0.25) is 0 Å². The van der Waals surface area contributed by atoms with E-state index in [1.807, 2.05) is 72.4 Å². The maximum absolute atomic E-state index is 4.62. The molecule has 5 heteroatoms. The molecule has 0 aliphatic rings. The SMILES string of the molecule is CN(Cc1ccccc1)c1nncc(N(C)c2ccccc2)n1. The standard InChI is InChI=1S/C18H19N5/c1-22(14-15-9-5-3-6-10-15)18-20-17(13-19-21-18)23(2)16-11-7-4-8-12-16/h3-13H,14H2,1-2H3. The summed E-state index contributed by atoms with van der Waals surface area (Å²) in [7, 11) is 3.94. The smallest absolute Gasteiger partial charge is 0.247 e. The molecule has 23 heavy (non-hydrogen) atoms. The molecule has 1 heterocycles. The lowest BCUT2D eigenvalue weighted by molar-refractivity contribution is 0.825. The molecular weight excluding hydrogens is 286 g/mol.